The van der Waals surface area contributed by atoms with Gasteiger partial charge in [0.05, 0.1) is 0 Å². The van der Waals surface area contributed by atoms with Gasteiger partial charge in [0.25, 0.3) is 0 Å². The van der Waals surface area contributed by atoms with Crippen LogP contribution in [0.2, 0.25) is 0 Å². The molecule has 0 bridgehead atoms. The average Bonchev–Trinajstić information content (AvgIpc) is 1.69. The van der Waals surface area contributed by atoms with Crippen LogP contribution in [0.25, 0.3) is 0 Å². The van der Waals surface area contributed by atoms with Crippen molar-refractivity contribution in [3.63, 3.8) is 0 Å². The molecule has 1 fully saturated rings. The van der Waals surface area contributed by atoms with Gasteiger partial charge < -0.3 is 5.73 Å². The molecule has 2 N–H and O–H groups in total. The molecule has 1 rings (SSSR count). The fourth-order valence-corrected chi connectivity index (χ4v) is 1.13. The van der Waals surface area contributed by atoms with Crippen LogP contribution in [-0.2, 0) is 0 Å². The summed E-state index contributed by atoms with van der Waals surface area (Å²) in [4.78, 5) is 0. The molecule has 2 heteroatoms. The Bertz CT molecular complexity index is 50.5. The van der Waals surface area contributed by atoms with Crippen LogP contribution >= 0.6 is 0 Å². The van der Waals surface area contributed by atoms with E-state index in [2.05, 4.69) is 0 Å². The predicted octanol–water partition coefficient (Wildman–Crippen LogP) is 0.897. The smallest absolute Gasteiger partial charge is 0.00388 e. The van der Waals surface area contributed by atoms with Crippen molar-refractivity contribution in [1.82, 2.24) is 0 Å². The van der Waals surface area contributed by atoms with Crippen molar-refractivity contribution in [2.75, 3.05) is 0 Å². The molecular weight excluding hydrogens is 125 g/mol. The molecule has 8 heavy (non-hydrogen) atoms. The first-order chi connectivity index (χ1) is 3.39. The second kappa shape index (κ2) is 5.39. The Morgan fingerprint density at radius 3 is 1.75 bits per heavy atom. The molecule has 0 saturated heterocycles. The van der Waals surface area contributed by atoms with E-state index >= 15 is 0 Å². The SMILES string of the molecule is NC1CCCCC1.[K]. The Balaban J connectivity index is 0.000000490. The molecular formula is C6H13KN. The van der Waals surface area contributed by atoms with E-state index in [1.807, 2.05) is 0 Å². The van der Waals surface area contributed by atoms with E-state index in [1.54, 1.807) is 0 Å². The number of rotatable bonds is 0. The van der Waals surface area contributed by atoms with Crippen molar-refractivity contribution in [1.29, 1.82) is 0 Å². The van der Waals surface area contributed by atoms with Crippen LogP contribution in [0, 0.1) is 0 Å². The van der Waals surface area contributed by atoms with E-state index in [-0.39, 0.29) is 51.4 Å². The van der Waals surface area contributed by atoms with Gasteiger partial charge in [-0.15, -0.1) is 0 Å². The average molecular weight is 138 g/mol. The van der Waals surface area contributed by atoms with E-state index in [0.29, 0.717) is 6.04 Å². The fourth-order valence-electron chi connectivity index (χ4n) is 1.13. The summed E-state index contributed by atoms with van der Waals surface area (Å²) in [7, 11) is 0. The third-order valence-electron chi connectivity index (χ3n) is 1.65. The van der Waals surface area contributed by atoms with Crippen molar-refractivity contribution in [2.24, 2.45) is 5.73 Å². The normalized spacial score (nSPS) is 22.1. The Kier molecular flexibility index (Phi) is 6.46. The van der Waals surface area contributed by atoms with Crippen LogP contribution in [-0.4, -0.2) is 57.4 Å². The molecule has 43 valence electrons. The standard InChI is InChI=1S/C6H13N.K/c7-6-4-2-1-3-5-6;/h6H,1-5,7H2;. The van der Waals surface area contributed by atoms with E-state index in [4.69, 9.17) is 5.73 Å². The van der Waals surface area contributed by atoms with Crippen molar-refractivity contribution >= 4 is 51.4 Å². The third-order valence-corrected chi connectivity index (χ3v) is 1.65. The van der Waals surface area contributed by atoms with E-state index in [1.165, 1.54) is 32.1 Å². The maximum absolute atomic E-state index is 5.63. The van der Waals surface area contributed by atoms with Gasteiger partial charge in [-0.1, -0.05) is 19.3 Å². The summed E-state index contributed by atoms with van der Waals surface area (Å²) < 4.78 is 0. The van der Waals surface area contributed by atoms with Crippen molar-refractivity contribution < 1.29 is 0 Å². The van der Waals surface area contributed by atoms with Gasteiger partial charge in [-0.25, -0.2) is 0 Å². The van der Waals surface area contributed by atoms with Crippen LogP contribution in [0.3, 0.4) is 0 Å². The molecule has 0 atom stereocenters. The first-order valence-corrected chi connectivity index (χ1v) is 3.15. The largest absolute Gasteiger partial charge is 0.328 e. The molecule has 1 saturated carbocycles. The number of nitrogens with two attached hydrogens (primary N) is 1. The van der Waals surface area contributed by atoms with E-state index in [0.717, 1.165) is 0 Å². The van der Waals surface area contributed by atoms with Gasteiger partial charge in [-0.2, -0.15) is 0 Å². The van der Waals surface area contributed by atoms with Gasteiger partial charge >= 0.3 is 0 Å². The molecule has 0 aliphatic heterocycles. The zero-order valence-electron chi connectivity index (χ0n) is 5.69. The van der Waals surface area contributed by atoms with Crippen LogP contribution in [0.15, 0.2) is 0 Å². The monoisotopic (exact) mass is 138 g/mol. The molecule has 0 aromatic rings. The minimum absolute atomic E-state index is 0. The number of hydrogen-bond acceptors (Lipinski definition) is 1. The Hall–Kier alpha value is 1.60. The maximum Gasteiger partial charge on any atom is 0.00388 e. The Labute approximate surface area is 93.8 Å². The molecule has 1 nitrogen and oxygen atoms in total. The van der Waals surface area contributed by atoms with Gasteiger partial charge in [0.2, 0.25) is 0 Å². The van der Waals surface area contributed by atoms with Crippen LogP contribution in [0.5, 0.6) is 0 Å². The van der Waals surface area contributed by atoms with Crippen LogP contribution in [0.1, 0.15) is 32.1 Å². The molecule has 0 aromatic carbocycles. The summed E-state index contributed by atoms with van der Waals surface area (Å²) in [6.07, 6.45) is 6.66. The molecule has 0 aromatic heterocycles. The summed E-state index contributed by atoms with van der Waals surface area (Å²) in [6, 6.07) is 0.536. The first-order valence-electron chi connectivity index (χ1n) is 3.15. The first kappa shape index (κ1) is 9.60. The minimum atomic E-state index is 0. The molecule has 0 spiro atoms. The summed E-state index contributed by atoms with van der Waals surface area (Å²) in [5, 5.41) is 0. The van der Waals surface area contributed by atoms with Gasteiger partial charge in [0.1, 0.15) is 0 Å². The summed E-state index contributed by atoms with van der Waals surface area (Å²) >= 11 is 0. The fraction of sp³-hybridized carbons (Fsp3) is 1.00. The molecule has 0 unspecified atom stereocenters. The second-order valence-corrected chi connectivity index (χ2v) is 2.40. The zero-order chi connectivity index (χ0) is 5.11. The third kappa shape index (κ3) is 3.59. The van der Waals surface area contributed by atoms with Crippen molar-refractivity contribution in [2.45, 2.75) is 38.1 Å². The Morgan fingerprint density at radius 2 is 1.50 bits per heavy atom. The molecule has 0 heterocycles. The van der Waals surface area contributed by atoms with Crippen molar-refractivity contribution in [3.8, 4) is 0 Å². The Morgan fingerprint density at radius 1 is 1.00 bits per heavy atom. The van der Waals surface area contributed by atoms with Crippen molar-refractivity contribution in [3.05, 3.63) is 0 Å². The van der Waals surface area contributed by atoms with E-state index in [9.17, 15) is 0 Å². The van der Waals surface area contributed by atoms with E-state index < -0.39 is 0 Å². The van der Waals surface area contributed by atoms with Crippen LogP contribution < -0.4 is 5.73 Å². The molecule has 1 aliphatic rings. The predicted molar refractivity (Wildman–Crippen MR) is 36.8 cm³/mol. The summed E-state index contributed by atoms with van der Waals surface area (Å²) in [5.74, 6) is 0. The van der Waals surface area contributed by atoms with Gasteiger partial charge in [0, 0.05) is 57.4 Å². The topological polar surface area (TPSA) is 26.0 Å². The summed E-state index contributed by atoms with van der Waals surface area (Å²) in [5.41, 5.74) is 5.63. The quantitative estimate of drug-likeness (QED) is 0.494. The maximum atomic E-state index is 5.63. The molecule has 1 aliphatic carbocycles. The second-order valence-electron chi connectivity index (χ2n) is 2.40. The number of hydrogen-bond donors (Lipinski definition) is 1. The molecule has 0 amide bonds. The van der Waals surface area contributed by atoms with Gasteiger partial charge in [0.15, 0.2) is 0 Å². The van der Waals surface area contributed by atoms with Gasteiger partial charge in [-0.05, 0) is 12.8 Å². The van der Waals surface area contributed by atoms with Gasteiger partial charge in [-0.3, -0.25) is 0 Å². The zero-order valence-corrected chi connectivity index (χ0v) is 8.81. The molecule has 1 radical (unpaired) electrons. The summed E-state index contributed by atoms with van der Waals surface area (Å²) in [6.45, 7) is 0. The van der Waals surface area contributed by atoms with Crippen LogP contribution in [0.4, 0.5) is 0 Å². The minimum Gasteiger partial charge on any atom is -0.328 e.